The van der Waals surface area contributed by atoms with Gasteiger partial charge in [0.1, 0.15) is 11.6 Å². The van der Waals surface area contributed by atoms with Crippen LogP contribution in [0.2, 0.25) is 0 Å². The summed E-state index contributed by atoms with van der Waals surface area (Å²) in [6, 6.07) is 8.88. The number of nitrogens with zero attached hydrogens (tertiary/aromatic N) is 3. The van der Waals surface area contributed by atoms with Crippen molar-refractivity contribution in [2.24, 2.45) is 0 Å². The van der Waals surface area contributed by atoms with E-state index in [1.165, 1.54) is 36.2 Å². The molecule has 2 aromatic rings. The molecular weight excluding hydrogens is 277 g/mol. The fourth-order valence-corrected chi connectivity index (χ4v) is 3.14. The van der Waals surface area contributed by atoms with E-state index in [9.17, 15) is 4.39 Å². The molecule has 1 atom stereocenters. The highest BCUT2D eigenvalue weighted by atomic mass is 19.1. The third-order valence-electron chi connectivity index (χ3n) is 4.35. The monoisotopic (exact) mass is 299 g/mol. The molecule has 2 heterocycles. The summed E-state index contributed by atoms with van der Waals surface area (Å²) in [6.07, 6.45) is 5.23. The number of piperidine rings is 1. The fraction of sp³-hybridized carbons (Fsp3) is 0.444. The Morgan fingerprint density at radius 3 is 2.82 bits per heavy atom. The van der Waals surface area contributed by atoms with Gasteiger partial charge in [0.05, 0.1) is 0 Å². The van der Waals surface area contributed by atoms with Crippen LogP contribution in [0.4, 0.5) is 4.39 Å². The minimum absolute atomic E-state index is 0.166. The maximum absolute atomic E-state index is 12.9. The molecule has 0 spiro atoms. The van der Waals surface area contributed by atoms with Crippen molar-refractivity contribution in [2.75, 3.05) is 19.6 Å². The van der Waals surface area contributed by atoms with Crippen molar-refractivity contribution in [3.8, 4) is 0 Å². The Morgan fingerprint density at radius 1 is 1.23 bits per heavy atom. The summed E-state index contributed by atoms with van der Waals surface area (Å²) in [6.45, 7) is 5.16. The molecule has 1 aromatic carbocycles. The highest BCUT2D eigenvalue weighted by molar-refractivity contribution is 5.16. The molecule has 0 bridgehead atoms. The van der Waals surface area contributed by atoms with E-state index in [-0.39, 0.29) is 5.82 Å². The molecule has 0 amide bonds. The van der Waals surface area contributed by atoms with Crippen LogP contribution < -0.4 is 0 Å². The van der Waals surface area contributed by atoms with Gasteiger partial charge >= 0.3 is 0 Å². The zero-order chi connectivity index (χ0) is 15.4. The van der Waals surface area contributed by atoms with Gasteiger partial charge in [-0.1, -0.05) is 12.1 Å². The third kappa shape index (κ3) is 3.89. The van der Waals surface area contributed by atoms with Crippen LogP contribution in [0.25, 0.3) is 0 Å². The van der Waals surface area contributed by atoms with E-state index in [4.69, 9.17) is 0 Å². The van der Waals surface area contributed by atoms with Crippen LogP contribution >= 0.6 is 0 Å². The van der Waals surface area contributed by atoms with Crippen LogP contribution in [-0.2, 0) is 6.42 Å². The van der Waals surface area contributed by atoms with E-state index in [0.29, 0.717) is 5.92 Å². The first-order valence-corrected chi connectivity index (χ1v) is 7.97. The van der Waals surface area contributed by atoms with Gasteiger partial charge in [0.15, 0.2) is 0 Å². The molecule has 22 heavy (non-hydrogen) atoms. The first kappa shape index (κ1) is 15.1. The summed E-state index contributed by atoms with van der Waals surface area (Å²) in [5.41, 5.74) is 2.36. The Kier molecular flexibility index (Phi) is 4.78. The summed E-state index contributed by atoms with van der Waals surface area (Å²) in [7, 11) is 0. The van der Waals surface area contributed by atoms with Crippen LogP contribution in [0.3, 0.4) is 0 Å². The van der Waals surface area contributed by atoms with Crippen molar-refractivity contribution < 1.29 is 4.39 Å². The molecule has 1 fully saturated rings. The first-order chi connectivity index (χ1) is 10.7. The lowest BCUT2D eigenvalue weighted by atomic mass is 9.94. The molecule has 0 N–H and O–H groups in total. The molecule has 1 aliphatic heterocycles. The molecule has 0 aliphatic carbocycles. The minimum atomic E-state index is -0.166. The number of aromatic nitrogens is 2. The largest absolute Gasteiger partial charge is 0.302 e. The normalized spacial score (nSPS) is 19.3. The number of hydrogen-bond acceptors (Lipinski definition) is 3. The number of benzene rings is 1. The van der Waals surface area contributed by atoms with E-state index >= 15 is 0 Å². The molecular formula is C18H22FN3. The van der Waals surface area contributed by atoms with E-state index in [1.54, 1.807) is 0 Å². The smallest absolute Gasteiger partial charge is 0.125 e. The lowest BCUT2D eigenvalue weighted by Crippen LogP contribution is -2.36. The lowest BCUT2D eigenvalue weighted by molar-refractivity contribution is 0.208. The molecule has 3 nitrogen and oxygen atoms in total. The lowest BCUT2D eigenvalue weighted by Gasteiger charge is -2.32. The Hall–Kier alpha value is -1.81. The highest BCUT2D eigenvalue weighted by Gasteiger charge is 2.22. The zero-order valence-electron chi connectivity index (χ0n) is 13.0. The van der Waals surface area contributed by atoms with Crippen molar-refractivity contribution in [1.82, 2.24) is 14.9 Å². The van der Waals surface area contributed by atoms with Crippen molar-refractivity contribution in [1.29, 1.82) is 0 Å². The van der Waals surface area contributed by atoms with Gasteiger partial charge in [-0.25, -0.2) is 14.4 Å². The fourth-order valence-electron chi connectivity index (χ4n) is 3.14. The maximum atomic E-state index is 12.9. The van der Waals surface area contributed by atoms with Gasteiger partial charge < -0.3 is 4.90 Å². The van der Waals surface area contributed by atoms with Crippen LogP contribution in [0.15, 0.2) is 36.5 Å². The number of aryl methyl sites for hydroxylation is 1. The summed E-state index contributed by atoms with van der Waals surface area (Å²) in [5.74, 6) is 1.19. The second-order valence-corrected chi connectivity index (χ2v) is 6.04. The number of likely N-dealkylation sites (tertiary alicyclic amines) is 1. The maximum Gasteiger partial charge on any atom is 0.125 e. The van der Waals surface area contributed by atoms with Gasteiger partial charge in [-0.15, -0.1) is 0 Å². The molecule has 0 radical (unpaired) electrons. The summed E-state index contributed by atoms with van der Waals surface area (Å²) < 4.78 is 12.9. The van der Waals surface area contributed by atoms with Crippen molar-refractivity contribution in [3.05, 3.63) is 59.4 Å². The van der Waals surface area contributed by atoms with Crippen LogP contribution in [0.1, 0.15) is 35.8 Å². The van der Waals surface area contributed by atoms with Crippen LogP contribution in [0, 0.1) is 12.7 Å². The number of hydrogen-bond donors (Lipinski definition) is 0. The molecule has 0 unspecified atom stereocenters. The molecule has 1 aromatic heterocycles. The first-order valence-electron chi connectivity index (χ1n) is 7.97. The average Bonchev–Trinajstić information content (AvgIpc) is 2.55. The molecule has 116 valence electrons. The van der Waals surface area contributed by atoms with Gasteiger partial charge in [0.25, 0.3) is 0 Å². The summed E-state index contributed by atoms with van der Waals surface area (Å²) in [4.78, 5) is 11.3. The Bertz CT molecular complexity index is 612. The van der Waals surface area contributed by atoms with Gasteiger partial charge in [0, 0.05) is 30.9 Å². The zero-order valence-corrected chi connectivity index (χ0v) is 13.0. The van der Waals surface area contributed by atoms with E-state index in [2.05, 4.69) is 14.9 Å². The van der Waals surface area contributed by atoms with Crippen LogP contribution in [0.5, 0.6) is 0 Å². The second-order valence-electron chi connectivity index (χ2n) is 6.04. The minimum Gasteiger partial charge on any atom is -0.302 e. The average molecular weight is 299 g/mol. The van der Waals surface area contributed by atoms with E-state index in [1.807, 2.05) is 31.3 Å². The van der Waals surface area contributed by atoms with Crippen molar-refractivity contribution in [2.45, 2.75) is 32.1 Å². The molecule has 1 aliphatic rings. The van der Waals surface area contributed by atoms with Gasteiger partial charge in [-0.05, 0) is 56.5 Å². The number of rotatable bonds is 4. The van der Waals surface area contributed by atoms with Crippen LogP contribution in [-0.4, -0.2) is 34.5 Å². The van der Waals surface area contributed by atoms with E-state index < -0.39 is 0 Å². The molecule has 1 saturated heterocycles. The highest BCUT2D eigenvalue weighted by Crippen LogP contribution is 2.25. The number of halogens is 1. The quantitative estimate of drug-likeness (QED) is 0.867. The van der Waals surface area contributed by atoms with Gasteiger partial charge in [-0.3, -0.25) is 0 Å². The van der Waals surface area contributed by atoms with Gasteiger partial charge in [-0.2, -0.15) is 0 Å². The van der Waals surface area contributed by atoms with Crippen molar-refractivity contribution >= 4 is 0 Å². The Morgan fingerprint density at radius 2 is 2.05 bits per heavy atom. The third-order valence-corrected chi connectivity index (χ3v) is 4.35. The summed E-state index contributed by atoms with van der Waals surface area (Å²) >= 11 is 0. The molecule has 0 saturated carbocycles. The Labute approximate surface area is 131 Å². The topological polar surface area (TPSA) is 29.0 Å². The second kappa shape index (κ2) is 6.97. The van der Waals surface area contributed by atoms with Crippen molar-refractivity contribution in [3.63, 3.8) is 0 Å². The molecule has 4 heteroatoms. The predicted molar refractivity (Wildman–Crippen MR) is 85.3 cm³/mol. The summed E-state index contributed by atoms with van der Waals surface area (Å²) in [5, 5.41) is 0. The van der Waals surface area contributed by atoms with E-state index in [0.717, 1.165) is 31.9 Å². The predicted octanol–water partition coefficient (Wildman–Crippen LogP) is 3.35. The standard InChI is InChI=1S/C18H22FN3/c1-14-20-10-8-18(21-14)16-3-2-11-22(13-16)12-9-15-4-6-17(19)7-5-15/h4-8,10,16H,2-3,9,11-13H2,1H3/t16-/m0/s1. The Balaban J connectivity index is 1.57. The molecule has 3 rings (SSSR count). The SMILES string of the molecule is Cc1nccc([C@H]2CCCN(CCc3ccc(F)cc3)C2)n1. The van der Waals surface area contributed by atoms with Gasteiger partial charge in [0.2, 0.25) is 0 Å².